The Bertz CT molecular complexity index is 2170. The molecule has 0 spiro atoms. The van der Waals surface area contributed by atoms with E-state index in [4.69, 9.17) is 42.5 Å². The lowest BCUT2D eigenvalue weighted by Crippen LogP contribution is -2.25. The Labute approximate surface area is 382 Å². The van der Waals surface area contributed by atoms with Crippen molar-refractivity contribution < 1.29 is 38.5 Å². The lowest BCUT2D eigenvalue weighted by atomic mass is 10.1. The number of esters is 1. The molecule has 4 saturated carbocycles. The van der Waals surface area contributed by atoms with Crippen LogP contribution in [0.3, 0.4) is 0 Å². The number of aromatic nitrogens is 2. The van der Waals surface area contributed by atoms with Gasteiger partial charge in [0.15, 0.2) is 11.6 Å². The maximum atomic E-state index is 12.7. The Morgan fingerprint density at radius 1 is 0.774 bits per heavy atom. The summed E-state index contributed by atoms with van der Waals surface area (Å²) in [5, 5.41) is 14.8. The minimum Gasteiger partial charge on any atom is -0.494 e. The van der Waals surface area contributed by atoms with Gasteiger partial charge in [-0.25, -0.2) is 9.97 Å². The molecule has 0 saturated heterocycles. The first-order valence-electron chi connectivity index (χ1n) is 20.5. The van der Waals surface area contributed by atoms with Gasteiger partial charge in [-0.2, -0.15) is 0 Å². The van der Waals surface area contributed by atoms with Gasteiger partial charge < -0.3 is 29.5 Å². The number of benzene rings is 2. The minimum atomic E-state index is -0.933. The van der Waals surface area contributed by atoms with Crippen molar-refractivity contribution in [2.24, 2.45) is 35.5 Å². The highest BCUT2D eigenvalue weighted by atomic mass is 79.9. The van der Waals surface area contributed by atoms with Gasteiger partial charge in [0.25, 0.3) is 0 Å². The van der Waals surface area contributed by atoms with Gasteiger partial charge in [-0.1, -0.05) is 70.8 Å². The van der Waals surface area contributed by atoms with Gasteiger partial charge in [-0.15, -0.1) is 0 Å². The summed E-state index contributed by atoms with van der Waals surface area (Å²) in [7, 11) is 3.03. The number of anilines is 2. The molecule has 4 fully saturated rings. The summed E-state index contributed by atoms with van der Waals surface area (Å²) in [4.78, 5) is 58.8. The third kappa shape index (κ3) is 13.6. The second kappa shape index (κ2) is 22.6. The van der Waals surface area contributed by atoms with Crippen LogP contribution in [0.2, 0.25) is 10.0 Å². The van der Waals surface area contributed by atoms with E-state index in [0.717, 1.165) is 46.3 Å². The van der Waals surface area contributed by atoms with E-state index in [1.807, 2.05) is 54.6 Å². The zero-order valence-corrected chi connectivity index (χ0v) is 37.5. The number of hydrogen-bond acceptors (Lipinski definition) is 11. The number of carbonyl (C=O) groups excluding carboxylic acids is 3. The average molecular weight is 955 g/mol. The molecular formula is C47H55BrCl2N4O8. The van der Waals surface area contributed by atoms with Gasteiger partial charge >= 0.3 is 11.9 Å². The van der Waals surface area contributed by atoms with Crippen LogP contribution in [0, 0.1) is 35.5 Å². The van der Waals surface area contributed by atoms with E-state index in [2.05, 4.69) is 36.1 Å². The Hall–Kier alpha value is -4.72. The number of halogens is 3. The molecule has 8 rings (SSSR count). The van der Waals surface area contributed by atoms with Crippen molar-refractivity contribution in [1.82, 2.24) is 9.97 Å². The number of nitrogens with one attached hydrogen (secondary N) is 1. The first kappa shape index (κ1) is 48.3. The zero-order valence-electron chi connectivity index (χ0n) is 34.5. The third-order valence-corrected chi connectivity index (χ3v) is 12.1. The van der Waals surface area contributed by atoms with Crippen LogP contribution in [0.25, 0.3) is 0 Å². The van der Waals surface area contributed by atoms with E-state index in [1.54, 1.807) is 25.4 Å². The highest BCUT2D eigenvalue weighted by molar-refractivity contribution is 9.08. The van der Waals surface area contributed by atoms with Crippen LogP contribution in [-0.2, 0) is 26.2 Å². The van der Waals surface area contributed by atoms with Crippen LogP contribution in [0.5, 0.6) is 11.5 Å². The molecule has 0 bridgehead atoms. The van der Waals surface area contributed by atoms with Crippen molar-refractivity contribution in [3.8, 4) is 11.5 Å². The van der Waals surface area contributed by atoms with Crippen LogP contribution in [-0.4, -0.2) is 72.5 Å². The van der Waals surface area contributed by atoms with E-state index in [-0.39, 0.29) is 42.5 Å². The van der Waals surface area contributed by atoms with Gasteiger partial charge in [-0.05, 0) is 92.7 Å². The van der Waals surface area contributed by atoms with Gasteiger partial charge in [0.05, 0.1) is 56.4 Å². The fourth-order valence-electron chi connectivity index (χ4n) is 6.77. The average Bonchev–Trinajstić information content (AvgIpc) is 4.04. The predicted octanol–water partition coefficient (Wildman–Crippen LogP) is 10.2. The smallest absolute Gasteiger partial charge is 0.309 e. The topological polar surface area (TPSA) is 157 Å². The number of rotatable bonds is 18. The number of alkyl halides is 1. The summed E-state index contributed by atoms with van der Waals surface area (Å²) in [5.74, 6) is -1.16. The maximum Gasteiger partial charge on any atom is 0.309 e. The lowest BCUT2D eigenvalue weighted by Gasteiger charge is -2.25. The Morgan fingerprint density at radius 3 is 1.82 bits per heavy atom. The van der Waals surface area contributed by atoms with Crippen molar-refractivity contribution in [3.63, 3.8) is 0 Å². The quantitative estimate of drug-likeness (QED) is 0.0554. The summed E-state index contributed by atoms with van der Waals surface area (Å²) >= 11 is 15.0. The van der Waals surface area contributed by atoms with Crippen LogP contribution < -0.4 is 19.7 Å². The largest absolute Gasteiger partial charge is 0.494 e. The number of ether oxygens (including phenoxy) is 3. The van der Waals surface area contributed by atoms with Crippen LogP contribution >= 0.6 is 39.1 Å². The number of Topliss-reactive ketones (excluding diaryl/α,β-unsaturated/α-hetero) is 2. The number of carbonyl (C=O) groups is 4. The molecule has 4 aliphatic rings. The number of carboxylic acid groups (broad SMARTS) is 1. The first-order valence-corrected chi connectivity index (χ1v) is 22.4. The summed E-state index contributed by atoms with van der Waals surface area (Å²) < 4.78 is 15.7. The molecule has 4 aliphatic carbocycles. The second-order valence-corrected chi connectivity index (χ2v) is 17.2. The van der Waals surface area contributed by atoms with Crippen molar-refractivity contribution >= 4 is 74.0 Å². The normalized spacial score (nSPS) is 19.1. The molecule has 62 heavy (non-hydrogen) atoms. The molecule has 15 heteroatoms. The fourth-order valence-corrected chi connectivity index (χ4v) is 7.40. The van der Waals surface area contributed by atoms with Gasteiger partial charge in [0.1, 0.15) is 22.9 Å². The number of carboxylic acids is 1. The van der Waals surface area contributed by atoms with Gasteiger partial charge in [0, 0.05) is 59.0 Å². The SMILES string of the molecule is C.CCOC(=O)C1CC1C(=O)c1ncc(NCC2CC2)cc1OC.COc1cc(N(Cc2ccc(Cl)cc2)CC2CC2)cnc1C(=O)C1CC1C(=O)O.Clc1ccc(CBr)cc1. The molecular weight excluding hydrogens is 899 g/mol. The van der Waals surface area contributed by atoms with Crippen molar-refractivity contribution in [3.05, 3.63) is 106 Å². The number of ketones is 2. The van der Waals surface area contributed by atoms with Gasteiger partial charge in [0.2, 0.25) is 0 Å². The maximum absolute atomic E-state index is 12.7. The monoisotopic (exact) mass is 952 g/mol. The van der Waals surface area contributed by atoms with Crippen LogP contribution in [0.15, 0.2) is 73.1 Å². The minimum absolute atomic E-state index is 0. The third-order valence-electron chi connectivity index (χ3n) is 10.9. The molecule has 0 amide bonds. The van der Waals surface area contributed by atoms with Crippen LogP contribution in [0.1, 0.15) is 85.0 Å². The van der Waals surface area contributed by atoms with E-state index in [9.17, 15) is 19.2 Å². The molecule has 2 aromatic heterocycles. The molecule has 4 unspecified atom stereocenters. The molecule has 2 N–H and O–H groups in total. The van der Waals surface area contributed by atoms with E-state index >= 15 is 0 Å². The Kier molecular flexibility index (Phi) is 17.6. The predicted molar refractivity (Wildman–Crippen MR) is 245 cm³/mol. The number of methoxy groups -OCH3 is 2. The first-order chi connectivity index (χ1) is 29.4. The Balaban J connectivity index is 0.000000196. The van der Waals surface area contributed by atoms with Crippen molar-refractivity contribution in [2.45, 2.75) is 64.8 Å². The molecule has 0 radical (unpaired) electrons. The van der Waals surface area contributed by atoms with Crippen molar-refractivity contribution in [2.75, 3.05) is 44.1 Å². The van der Waals surface area contributed by atoms with Gasteiger partial charge in [-0.3, -0.25) is 19.2 Å². The second-order valence-electron chi connectivity index (χ2n) is 15.8. The molecule has 0 aliphatic heterocycles. The van der Waals surface area contributed by atoms with E-state index in [1.165, 1.54) is 45.5 Å². The van der Waals surface area contributed by atoms with Crippen molar-refractivity contribution in [1.29, 1.82) is 0 Å². The lowest BCUT2D eigenvalue weighted by molar-refractivity contribution is -0.145. The standard InChI is InChI=1S/C22H23ClN2O4.C17H22N2O4.C7H6BrCl.CH4/c1-29-19-8-16(10-24-20(19)21(26)17-9-18(17)22(27)28)25(11-13-2-3-13)12-14-4-6-15(23)7-5-14;1-3-23-17(21)13-7-12(13)16(20)15-14(22-2)6-11(9-19-15)18-8-10-4-5-10;8-5-6-1-3-7(9)4-2-6;/h4-8,10,13,17-18H,2-3,9,11-12H2,1H3,(H,27,28);6,9-10,12-13,18H,3-5,7-8H2,1-2H3;1-4H,5H2;1H4. The van der Waals surface area contributed by atoms with E-state index in [0.29, 0.717) is 54.1 Å². The number of nitrogens with zero attached hydrogens (tertiary/aromatic N) is 3. The molecule has 2 heterocycles. The molecule has 4 atom stereocenters. The summed E-state index contributed by atoms with van der Waals surface area (Å²) in [5.41, 5.74) is 4.62. The highest BCUT2D eigenvalue weighted by Gasteiger charge is 2.51. The van der Waals surface area contributed by atoms with Crippen LogP contribution in [0.4, 0.5) is 11.4 Å². The van der Waals surface area contributed by atoms with E-state index < -0.39 is 17.8 Å². The molecule has 2 aromatic carbocycles. The number of aliphatic carboxylic acids is 1. The summed E-state index contributed by atoms with van der Waals surface area (Å²) in [6.45, 7) is 4.62. The molecule has 4 aromatic rings. The highest BCUT2D eigenvalue weighted by Crippen LogP contribution is 2.44. The number of pyridine rings is 2. The fraction of sp³-hybridized carbons (Fsp3) is 0.447. The summed E-state index contributed by atoms with van der Waals surface area (Å²) in [6.07, 6.45) is 9.21. The number of hydrogen-bond donors (Lipinski definition) is 2. The Morgan fingerprint density at radius 2 is 1.31 bits per heavy atom. The molecule has 332 valence electrons. The molecule has 12 nitrogen and oxygen atoms in total. The summed E-state index contributed by atoms with van der Waals surface area (Å²) in [6, 6.07) is 19.2. The zero-order chi connectivity index (χ0) is 43.6.